The molecule has 5 nitrogen and oxygen atoms in total. The lowest BCUT2D eigenvalue weighted by atomic mass is 10.0. The van der Waals surface area contributed by atoms with Crippen molar-refractivity contribution in [3.05, 3.63) is 64.5 Å². The van der Waals surface area contributed by atoms with Crippen LogP contribution in [0.25, 0.3) is 5.69 Å². The molecule has 3 aromatic rings. The highest BCUT2D eigenvalue weighted by Crippen LogP contribution is 2.30. The number of pyridine rings is 1. The third kappa shape index (κ3) is 4.25. The highest BCUT2D eigenvalue weighted by molar-refractivity contribution is 9.10. The number of rotatable bonds is 5. The number of imidazole rings is 1. The van der Waals surface area contributed by atoms with Crippen molar-refractivity contribution in [3.8, 4) is 5.69 Å². The van der Waals surface area contributed by atoms with Gasteiger partial charge in [0.05, 0.1) is 11.4 Å². The minimum absolute atomic E-state index is 0.0876. The summed E-state index contributed by atoms with van der Waals surface area (Å²) in [7, 11) is 0. The van der Waals surface area contributed by atoms with E-state index in [1.807, 2.05) is 24.3 Å². The first kappa shape index (κ1) is 18.3. The molecule has 0 fully saturated rings. The SMILES string of the molecule is O=C(CSc1nc2c(n1-c1ccccc1)CCCC2)Nc1ccc(Br)cn1. The van der Waals surface area contributed by atoms with E-state index in [2.05, 4.69) is 42.9 Å². The van der Waals surface area contributed by atoms with Gasteiger partial charge in [0, 0.05) is 22.1 Å². The van der Waals surface area contributed by atoms with E-state index in [4.69, 9.17) is 4.98 Å². The predicted octanol–water partition coefficient (Wildman–Crippen LogP) is 4.64. The molecule has 2 aromatic heterocycles. The molecule has 2 heterocycles. The fraction of sp³-hybridized carbons (Fsp3) is 0.250. The second-order valence-corrected chi connectivity index (χ2v) is 8.22. The Balaban J connectivity index is 1.52. The van der Waals surface area contributed by atoms with Gasteiger partial charge in [-0.2, -0.15) is 0 Å². The number of nitrogens with one attached hydrogen (secondary N) is 1. The van der Waals surface area contributed by atoms with Crippen molar-refractivity contribution in [1.29, 1.82) is 0 Å². The third-order valence-electron chi connectivity index (χ3n) is 4.44. The zero-order valence-electron chi connectivity index (χ0n) is 14.7. The summed E-state index contributed by atoms with van der Waals surface area (Å²) < 4.78 is 3.09. The summed E-state index contributed by atoms with van der Waals surface area (Å²) in [6.45, 7) is 0. The zero-order chi connectivity index (χ0) is 18.6. The smallest absolute Gasteiger partial charge is 0.236 e. The molecule has 1 aromatic carbocycles. The number of amides is 1. The quantitative estimate of drug-likeness (QED) is 0.584. The fourth-order valence-corrected chi connectivity index (χ4v) is 4.30. The summed E-state index contributed by atoms with van der Waals surface area (Å²) in [4.78, 5) is 21.4. The van der Waals surface area contributed by atoms with Crippen LogP contribution in [0.4, 0.5) is 5.82 Å². The minimum Gasteiger partial charge on any atom is -0.310 e. The van der Waals surface area contributed by atoms with Gasteiger partial charge >= 0.3 is 0 Å². The molecular formula is C20H19BrN4OS. The first-order valence-corrected chi connectivity index (χ1v) is 10.7. The topological polar surface area (TPSA) is 59.8 Å². The number of hydrogen-bond acceptors (Lipinski definition) is 4. The molecule has 4 rings (SSSR count). The van der Waals surface area contributed by atoms with Gasteiger partial charge in [0.2, 0.25) is 5.91 Å². The molecule has 1 aliphatic rings. The Bertz CT molecular complexity index is 941. The molecule has 27 heavy (non-hydrogen) atoms. The van der Waals surface area contributed by atoms with Crippen molar-refractivity contribution in [1.82, 2.24) is 14.5 Å². The Hall–Kier alpha value is -2.12. The van der Waals surface area contributed by atoms with Crippen LogP contribution in [0.15, 0.2) is 58.3 Å². The lowest BCUT2D eigenvalue weighted by molar-refractivity contribution is -0.113. The Labute approximate surface area is 170 Å². The lowest BCUT2D eigenvalue weighted by Crippen LogP contribution is -2.15. The van der Waals surface area contributed by atoms with E-state index in [1.54, 1.807) is 12.3 Å². The van der Waals surface area contributed by atoms with Crippen LogP contribution in [0, 0.1) is 0 Å². The summed E-state index contributed by atoms with van der Waals surface area (Å²) in [6.07, 6.45) is 6.08. The van der Waals surface area contributed by atoms with Crippen LogP contribution in [-0.2, 0) is 17.6 Å². The van der Waals surface area contributed by atoms with E-state index in [-0.39, 0.29) is 5.91 Å². The van der Waals surface area contributed by atoms with Crippen molar-refractivity contribution in [3.63, 3.8) is 0 Å². The van der Waals surface area contributed by atoms with Gasteiger partial charge in [-0.1, -0.05) is 30.0 Å². The molecule has 1 aliphatic carbocycles. The Morgan fingerprint density at radius 2 is 1.96 bits per heavy atom. The average molecular weight is 443 g/mol. The van der Waals surface area contributed by atoms with Gasteiger partial charge in [-0.15, -0.1) is 0 Å². The summed E-state index contributed by atoms with van der Waals surface area (Å²) in [5, 5.41) is 3.71. The van der Waals surface area contributed by atoms with E-state index in [0.29, 0.717) is 11.6 Å². The number of halogens is 1. The van der Waals surface area contributed by atoms with Gasteiger partial charge < -0.3 is 5.32 Å². The normalized spacial score (nSPS) is 13.2. The number of benzene rings is 1. The Morgan fingerprint density at radius 1 is 1.15 bits per heavy atom. The predicted molar refractivity (Wildman–Crippen MR) is 111 cm³/mol. The summed E-state index contributed by atoms with van der Waals surface area (Å²) in [5.41, 5.74) is 3.55. The summed E-state index contributed by atoms with van der Waals surface area (Å²) in [5.74, 6) is 0.755. The van der Waals surface area contributed by atoms with E-state index in [9.17, 15) is 4.79 Å². The second-order valence-electron chi connectivity index (χ2n) is 6.36. The van der Waals surface area contributed by atoms with Crippen LogP contribution in [0.1, 0.15) is 24.2 Å². The van der Waals surface area contributed by atoms with Crippen molar-refractivity contribution < 1.29 is 4.79 Å². The number of anilines is 1. The van der Waals surface area contributed by atoms with E-state index in [1.165, 1.54) is 36.0 Å². The molecule has 0 saturated heterocycles. The van der Waals surface area contributed by atoms with E-state index in [0.717, 1.165) is 28.2 Å². The highest BCUT2D eigenvalue weighted by atomic mass is 79.9. The number of para-hydroxylation sites is 1. The summed E-state index contributed by atoms with van der Waals surface area (Å²) in [6, 6.07) is 13.9. The monoisotopic (exact) mass is 442 g/mol. The van der Waals surface area contributed by atoms with Crippen molar-refractivity contribution in [2.24, 2.45) is 0 Å². The van der Waals surface area contributed by atoms with Gasteiger partial charge in [0.25, 0.3) is 0 Å². The van der Waals surface area contributed by atoms with Gasteiger partial charge in [0.15, 0.2) is 5.16 Å². The van der Waals surface area contributed by atoms with Crippen LogP contribution in [0.2, 0.25) is 0 Å². The first-order valence-electron chi connectivity index (χ1n) is 8.91. The van der Waals surface area contributed by atoms with Crippen LogP contribution in [0.3, 0.4) is 0 Å². The maximum atomic E-state index is 12.3. The molecule has 0 spiro atoms. The van der Waals surface area contributed by atoms with Crippen molar-refractivity contribution >= 4 is 39.4 Å². The molecular weight excluding hydrogens is 424 g/mol. The van der Waals surface area contributed by atoms with Crippen LogP contribution in [-0.4, -0.2) is 26.2 Å². The first-order chi connectivity index (χ1) is 13.2. The number of aryl methyl sites for hydroxylation is 1. The number of carbonyl (C=O) groups is 1. The molecule has 1 amide bonds. The Morgan fingerprint density at radius 3 is 2.74 bits per heavy atom. The van der Waals surface area contributed by atoms with Gasteiger partial charge in [0.1, 0.15) is 5.82 Å². The molecule has 0 radical (unpaired) electrons. The molecule has 1 N–H and O–H groups in total. The number of aromatic nitrogens is 3. The minimum atomic E-state index is -0.0876. The summed E-state index contributed by atoms with van der Waals surface area (Å²) >= 11 is 4.81. The van der Waals surface area contributed by atoms with E-state index >= 15 is 0 Å². The maximum Gasteiger partial charge on any atom is 0.236 e. The average Bonchev–Trinajstić information content (AvgIpc) is 3.07. The van der Waals surface area contributed by atoms with Gasteiger partial charge in [-0.05, 0) is 65.9 Å². The zero-order valence-corrected chi connectivity index (χ0v) is 17.1. The maximum absolute atomic E-state index is 12.3. The molecule has 0 aliphatic heterocycles. The number of carbonyl (C=O) groups excluding carboxylic acids is 1. The molecule has 0 bridgehead atoms. The van der Waals surface area contributed by atoms with Gasteiger partial charge in [-0.25, -0.2) is 9.97 Å². The van der Waals surface area contributed by atoms with Crippen molar-refractivity contribution in [2.75, 3.05) is 11.1 Å². The van der Waals surface area contributed by atoms with Crippen LogP contribution in [0.5, 0.6) is 0 Å². The number of hydrogen-bond donors (Lipinski definition) is 1. The second kappa shape index (κ2) is 8.27. The lowest BCUT2D eigenvalue weighted by Gasteiger charge is -2.15. The molecule has 0 atom stereocenters. The van der Waals surface area contributed by atoms with E-state index < -0.39 is 0 Å². The molecule has 138 valence electrons. The third-order valence-corrected chi connectivity index (χ3v) is 5.85. The largest absolute Gasteiger partial charge is 0.310 e. The fourth-order valence-electron chi connectivity index (χ4n) is 3.21. The van der Waals surface area contributed by atoms with Gasteiger partial charge in [-0.3, -0.25) is 9.36 Å². The van der Waals surface area contributed by atoms with Crippen LogP contribution >= 0.6 is 27.7 Å². The highest BCUT2D eigenvalue weighted by Gasteiger charge is 2.21. The Kier molecular flexibility index (Phi) is 5.59. The molecule has 0 saturated carbocycles. The molecule has 0 unspecified atom stereocenters. The molecule has 7 heteroatoms. The number of thioether (sulfide) groups is 1. The standard InChI is InChI=1S/C20H19BrN4OS/c21-14-10-11-18(22-12-14)24-19(26)13-27-20-23-16-8-4-5-9-17(16)25(20)15-6-2-1-3-7-15/h1-3,6-7,10-12H,4-5,8-9,13H2,(H,22,24,26). The van der Waals surface area contributed by atoms with Crippen LogP contribution < -0.4 is 5.32 Å². The number of fused-ring (bicyclic) bond motifs is 1. The van der Waals surface area contributed by atoms with Crippen molar-refractivity contribution in [2.45, 2.75) is 30.8 Å². The number of nitrogens with zero attached hydrogens (tertiary/aromatic N) is 3.